The fourth-order valence-electron chi connectivity index (χ4n) is 2.04. The fraction of sp³-hybridized carbons (Fsp3) is 0.235. The number of hydrogen-bond donors (Lipinski definition) is 1. The predicted molar refractivity (Wildman–Crippen MR) is 96.3 cm³/mol. The summed E-state index contributed by atoms with van der Waals surface area (Å²) in [6.07, 6.45) is 3.23. The van der Waals surface area contributed by atoms with Crippen molar-refractivity contribution in [3.63, 3.8) is 0 Å². The van der Waals surface area contributed by atoms with Crippen LogP contribution in [0, 0.1) is 5.82 Å². The summed E-state index contributed by atoms with van der Waals surface area (Å²) < 4.78 is 20.8. The lowest BCUT2D eigenvalue weighted by Gasteiger charge is -2.05. The largest absolute Gasteiger partial charge is 0.472 e. The molecule has 2 rings (SSSR count). The third kappa shape index (κ3) is 4.82. The summed E-state index contributed by atoms with van der Waals surface area (Å²) in [6.45, 7) is 1.85. The van der Waals surface area contributed by atoms with Gasteiger partial charge < -0.3 is 14.9 Å². The number of aromatic nitrogens is 2. The van der Waals surface area contributed by atoms with E-state index in [0.29, 0.717) is 16.5 Å². The molecule has 2 aromatic rings. The zero-order chi connectivity index (χ0) is 19.1. The maximum atomic E-state index is 13.9. The van der Waals surface area contributed by atoms with Crippen molar-refractivity contribution >= 4 is 23.2 Å². The van der Waals surface area contributed by atoms with Gasteiger partial charge in [0.25, 0.3) is 5.91 Å². The summed E-state index contributed by atoms with van der Waals surface area (Å²) in [6, 6.07) is 5.90. The normalized spacial score (nSPS) is 12.0. The summed E-state index contributed by atoms with van der Waals surface area (Å²) in [7, 11) is 2.86. The molecule has 0 aliphatic carbocycles. The van der Waals surface area contributed by atoms with Gasteiger partial charge in [0.05, 0.1) is 0 Å². The van der Waals surface area contributed by atoms with E-state index in [1.54, 1.807) is 31.3 Å². The molecule has 1 aromatic heterocycles. The molecule has 1 aromatic carbocycles. The first-order valence-corrected chi connectivity index (χ1v) is 7.98. The molecule has 1 N–H and O–H groups in total. The first kappa shape index (κ1) is 19.5. The molecule has 0 aliphatic rings. The Balaban J connectivity index is 2.05. The molecule has 138 valence electrons. The molecule has 0 radical (unpaired) electrons. The quantitative estimate of drug-likeness (QED) is 0.591. The minimum atomic E-state index is -0.492. The van der Waals surface area contributed by atoms with E-state index in [-0.39, 0.29) is 23.9 Å². The van der Waals surface area contributed by atoms with Crippen LogP contribution in [0.1, 0.15) is 6.92 Å². The van der Waals surface area contributed by atoms with E-state index < -0.39 is 5.82 Å². The van der Waals surface area contributed by atoms with Crippen LogP contribution in [0.25, 0.3) is 5.69 Å². The van der Waals surface area contributed by atoms with Gasteiger partial charge in [0, 0.05) is 24.3 Å². The number of oxime groups is 1. The van der Waals surface area contributed by atoms with E-state index in [0.717, 1.165) is 0 Å². The molecule has 9 heteroatoms. The van der Waals surface area contributed by atoms with Crippen molar-refractivity contribution in [2.45, 2.75) is 6.92 Å². The number of ether oxygens (including phenoxy) is 1. The van der Waals surface area contributed by atoms with Crippen LogP contribution in [0.5, 0.6) is 5.88 Å². The van der Waals surface area contributed by atoms with Gasteiger partial charge in [-0.2, -0.15) is 0 Å². The standard InChI is InChI=1S/C17H18ClFN4O3/c1-11(16(22-25-3)17(24)20-2)7-9-26-15-6-8-23(21-15)14-5-4-12(18)10-13(14)19/h4-8,10H,9H2,1-3H3,(H,20,24)/b11-7-,22-16+. The molecule has 7 nitrogen and oxygen atoms in total. The number of halogens is 2. The van der Waals surface area contributed by atoms with Crippen molar-refractivity contribution in [2.75, 3.05) is 20.8 Å². The highest BCUT2D eigenvalue weighted by molar-refractivity contribution is 6.44. The number of carbonyl (C=O) groups is 1. The number of carbonyl (C=O) groups excluding carboxylic acids is 1. The molecule has 0 spiro atoms. The smallest absolute Gasteiger partial charge is 0.273 e. The van der Waals surface area contributed by atoms with Crippen LogP contribution in [0.15, 0.2) is 47.3 Å². The Morgan fingerprint density at radius 3 is 2.88 bits per heavy atom. The molecule has 0 saturated heterocycles. The van der Waals surface area contributed by atoms with E-state index in [9.17, 15) is 9.18 Å². The highest BCUT2D eigenvalue weighted by atomic mass is 35.5. The Morgan fingerprint density at radius 2 is 2.23 bits per heavy atom. The van der Waals surface area contributed by atoms with E-state index in [4.69, 9.17) is 16.3 Å². The molecule has 0 aliphatic heterocycles. The molecular formula is C17H18ClFN4O3. The summed E-state index contributed by atoms with van der Waals surface area (Å²) in [5, 5.41) is 10.6. The molecule has 1 amide bonds. The van der Waals surface area contributed by atoms with E-state index >= 15 is 0 Å². The van der Waals surface area contributed by atoms with Crippen LogP contribution >= 0.6 is 11.6 Å². The van der Waals surface area contributed by atoms with Gasteiger partial charge in [-0.25, -0.2) is 9.07 Å². The lowest BCUT2D eigenvalue weighted by molar-refractivity contribution is -0.114. The van der Waals surface area contributed by atoms with Gasteiger partial charge in [-0.3, -0.25) is 4.79 Å². The third-order valence-corrected chi connectivity index (χ3v) is 3.58. The summed E-state index contributed by atoms with van der Waals surface area (Å²) in [4.78, 5) is 16.4. The first-order valence-electron chi connectivity index (χ1n) is 7.60. The maximum Gasteiger partial charge on any atom is 0.273 e. The zero-order valence-corrected chi connectivity index (χ0v) is 15.2. The molecule has 0 bridgehead atoms. The van der Waals surface area contributed by atoms with Gasteiger partial charge in [-0.15, -0.1) is 5.10 Å². The second-order valence-electron chi connectivity index (χ2n) is 5.09. The van der Waals surface area contributed by atoms with Gasteiger partial charge in [-0.05, 0) is 36.8 Å². The Labute approximate surface area is 155 Å². The molecule has 0 unspecified atom stereocenters. The summed E-state index contributed by atoms with van der Waals surface area (Å²) >= 11 is 5.74. The Bertz CT molecular complexity index is 848. The van der Waals surface area contributed by atoms with Crippen LogP contribution in [0.4, 0.5) is 4.39 Å². The maximum absolute atomic E-state index is 13.9. The van der Waals surface area contributed by atoms with Gasteiger partial charge in [0.1, 0.15) is 25.2 Å². The van der Waals surface area contributed by atoms with Gasteiger partial charge >= 0.3 is 0 Å². The van der Waals surface area contributed by atoms with Gasteiger partial charge in [-0.1, -0.05) is 16.8 Å². The van der Waals surface area contributed by atoms with Crippen LogP contribution in [0.2, 0.25) is 5.02 Å². The Morgan fingerprint density at radius 1 is 1.46 bits per heavy atom. The summed E-state index contributed by atoms with van der Waals surface area (Å²) in [5.74, 6) is -0.564. The van der Waals surface area contributed by atoms with E-state index in [1.165, 1.54) is 31.0 Å². The van der Waals surface area contributed by atoms with Crippen molar-refractivity contribution in [1.29, 1.82) is 0 Å². The number of rotatable bonds is 7. The highest BCUT2D eigenvalue weighted by Gasteiger charge is 2.13. The lowest BCUT2D eigenvalue weighted by Crippen LogP contribution is -2.28. The van der Waals surface area contributed by atoms with E-state index in [1.807, 2.05) is 0 Å². The fourth-order valence-corrected chi connectivity index (χ4v) is 2.20. The van der Waals surface area contributed by atoms with E-state index in [2.05, 4.69) is 20.4 Å². The van der Waals surface area contributed by atoms with Crippen molar-refractivity contribution in [2.24, 2.45) is 5.16 Å². The SMILES string of the molecule is CNC(=O)C(=N/OC)/C(C)=C\COc1ccn(-c2ccc(Cl)cc2F)n1. The number of hydrogen-bond acceptors (Lipinski definition) is 5. The Hall–Kier alpha value is -2.87. The van der Waals surface area contributed by atoms with Crippen LogP contribution < -0.4 is 10.1 Å². The topological polar surface area (TPSA) is 77.7 Å². The number of nitrogens with one attached hydrogen (secondary N) is 1. The molecular weight excluding hydrogens is 363 g/mol. The number of benzene rings is 1. The molecule has 1 heterocycles. The molecule has 0 fully saturated rings. The van der Waals surface area contributed by atoms with Gasteiger partial charge in [0.2, 0.25) is 5.88 Å². The molecule has 26 heavy (non-hydrogen) atoms. The van der Waals surface area contributed by atoms with Crippen molar-refractivity contribution in [3.8, 4) is 11.6 Å². The van der Waals surface area contributed by atoms with Crippen LogP contribution in [0.3, 0.4) is 0 Å². The zero-order valence-electron chi connectivity index (χ0n) is 14.5. The van der Waals surface area contributed by atoms with Crippen LogP contribution in [-0.2, 0) is 9.63 Å². The summed E-state index contributed by atoms with van der Waals surface area (Å²) in [5.41, 5.74) is 0.979. The minimum absolute atomic E-state index is 0.145. The van der Waals surface area contributed by atoms with Gasteiger partial charge in [0.15, 0.2) is 5.71 Å². The Kier molecular flexibility index (Phi) is 6.74. The first-order chi connectivity index (χ1) is 12.5. The highest BCUT2D eigenvalue weighted by Crippen LogP contribution is 2.19. The second-order valence-corrected chi connectivity index (χ2v) is 5.53. The second kappa shape index (κ2) is 9.00. The molecule has 0 atom stereocenters. The van der Waals surface area contributed by atoms with Crippen LogP contribution in [-0.4, -0.2) is 42.2 Å². The average molecular weight is 381 g/mol. The van der Waals surface area contributed by atoms with Crippen molar-refractivity contribution in [1.82, 2.24) is 15.1 Å². The molecule has 0 saturated carbocycles. The number of amides is 1. The van der Waals surface area contributed by atoms with Crippen molar-refractivity contribution < 1.29 is 18.8 Å². The third-order valence-electron chi connectivity index (χ3n) is 3.34. The average Bonchev–Trinajstić information content (AvgIpc) is 3.07. The lowest BCUT2D eigenvalue weighted by atomic mass is 10.1. The number of nitrogens with zero attached hydrogens (tertiary/aromatic N) is 3. The minimum Gasteiger partial charge on any atom is -0.472 e. The van der Waals surface area contributed by atoms with Crippen molar-refractivity contribution in [3.05, 3.63) is 53.0 Å². The predicted octanol–water partition coefficient (Wildman–Crippen LogP) is 2.74. The monoisotopic (exact) mass is 380 g/mol.